The first kappa shape index (κ1) is 17.9. The van der Waals surface area contributed by atoms with Gasteiger partial charge in [-0.3, -0.25) is 4.79 Å². The number of thioether (sulfide) groups is 1. The van der Waals surface area contributed by atoms with Crippen molar-refractivity contribution in [2.75, 3.05) is 24.8 Å². The van der Waals surface area contributed by atoms with Crippen molar-refractivity contribution in [1.29, 1.82) is 0 Å². The van der Waals surface area contributed by atoms with E-state index in [1.54, 1.807) is 42.1 Å². The van der Waals surface area contributed by atoms with Crippen LogP contribution < -0.4 is 10.1 Å². The van der Waals surface area contributed by atoms with Crippen LogP contribution in [0.3, 0.4) is 0 Å². The summed E-state index contributed by atoms with van der Waals surface area (Å²) in [6.07, 6.45) is 1.96. The van der Waals surface area contributed by atoms with E-state index in [9.17, 15) is 9.59 Å². The number of rotatable bonds is 7. The quantitative estimate of drug-likeness (QED) is 0.613. The van der Waals surface area contributed by atoms with Gasteiger partial charge in [-0.05, 0) is 49.6 Å². The number of benzene rings is 2. The third-order valence-electron chi connectivity index (χ3n) is 3.12. The predicted molar refractivity (Wildman–Crippen MR) is 94.7 cm³/mol. The Bertz CT molecular complexity index is 700. The van der Waals surface area contributed by atoms with Crippen molar-refractivity contribution >= 4 is 29.3 Å². The zero-order valence-electron chi connectivity index (χ0n) is 13.6. The highest BCUT2D eigenvalue weighted by atomic mass is 32.2. The van der Waals surface area contributed by atoms with Crippen LogP contribution >= 0.6 is 11.8 Å². The van der Waals surface area contributed by atoms with Gasteiger partial charge in [0.05, 0.1) is 17.9 Å². The van der Waals surface area contributed by atoms with Crippen LogP contribution in [0.25, 0.3) is 0 Å². The summed E-state index contributed by atoms with van der Waals surface area (Å²) < 4.78 is 10.5. The van der Waals surface area contributed by atoms with Crippen molar-refractivity contribution < 1.29 is 19.1 Å². The number of carbonyl (C=O) groups is 2. The summed E-state index contributed by atoms with van der Waals surface area (Å²) in [6.45, 7) is 2.00. The molecule has 2 aromatic carbocycles. The van der Waals surface area contributed by atoms with Crippen LogP contribution in [0, 0.1) is 0 Å². The third kappa shape index (κ3) is 5.03. The van der Waals surface area contributed by atoms with Crippen molar-refractivity contribution in [3.05, 3.63) is 54.1 Å². The number of hydrogen-bond acceptors (Lipinski definition) is 5. The summed E-state index contributed by atoms with van der Waals surface area (Å²) in [7, 11) is 0. The largest absolute Gasteiger partial charge is 0.492 e. The van der Waals surface area contributed by atoms with Crippen LogP contribution in [-0.2, 0) is 9.53 Å². The minimum atomic E-state index is -0.532. The molecule has 1 N–H and O–H groups in total. The fraction of sp³-hybridized carbons (Fsp3) is 0.222. The predicted octanol–water partition coefficient (Wildman–Crippen LogP) is 3.60. The number of nitrogens with one attached hydrogen (secondary N) is 1. The average Bonchev–Trinajstić information content (AvgIpc) is 2.61. The number of amides is 1. The number of hydrogen-bond donors (Lipinski definition) is 1. The van der Waals surface area contributed by atoms with Crippen molar-refractivity contribution in [2.45, 2.75) is 11.8 Å². The molecule has 0 heterocycles. The maximum Gasteiger partial charge on any atom is 0.338 e. The van der Waals surface area contributed by atoms with Gasteiger partial charge < -0.3 is 14.8 Å². The topological polar surface area (TPSA) is 64.6 Å². The van der Waals surface area contributed by atoms with Gasteiger partial charge in [0.1, 0.15) is 5.75 Å². The molecular weight excluding hydrogens is 326 g/mol. The molecule has 0 aromatic heterocycles. The summed E-state index contributed by atoms with van der Waals surface area (Å²) in [5.74, 6) is -0.375. The Hall–Kier alpha value is -2.47. The van der Waals surface area contributed by atoms with Crippen molar-refractivity contribution in [3.8, 4) is 5.75 Å². The molecule has 2 rings (SSSR count). The molecule has 2 aromatic rings. The minimum absolute atomic E-state index is 0.358. The number of ether oxygens (including phenoxy) is 2. The maximum atomic E-state index is 12.0. The maximum absolute atomic E-state index is 12.0. The second-order valence-corrected chi connectivity index (χ2v) is 5.66. The van der Waals surface area contributed by atoms with Gasteiger partial charge in [-0.2, -0.15) is 0 Å². The summed E-state index contributed by atoms with van der Waals surface area (Å²) in [6, 6.07) is 14.1. The van der Waals surface area contributed by atoms with E-state index in [-0.39, 0.29) is 6.61 Å². The van der Waals surface area contributed by atoms with E-state index in [1.807, 2.05) is 31.4 Å². The molecule has 24 heavy (non-hydrogen) atoms. The Kier molecular flexibility index (Phi) is 6.69. The zero-order chi connectivity index (χ0) is 17.4. The van der Waals surface area contributed by atoms with Gasteiger partial charge in [-0.15, -0.1) is 11.8 Å². The van der Waals surface area contributed by atoms with E-state index < -0.39 is 11.9 Å². The molecule has 0 fully saturated rings. The second kappa shape index (κ2) is 8.98. The lowest BCUT2D eigenvalue weighted by Crippen LogP contribution is -2.21. The molecule has 0 aliphatic rings. The Balaban J connectivity index is 1.89. The van der Waals surface area contributed by atoms with E-state index in [0.717, 1.165) is 4.90 Å². The lowest BCUT2D eigenvalue weighted by atomic mass is 10.2. The first-order chi connectivity index (χ1) is 11.6. The standard InChI is InChI=1S/C18H19NO4S/c1-3-22-16-7-5-4-6-15(16)19-17(20)12-23-18(21)13-8-10-14(24-2)11-9-13/h4-11H,3,12H2,1-2H3,(H,19,20). The summed E-state index contributed by atoms with van der Waals surface area (Å²) in [5, 5.41) is 2.68. The third-order valence-corrected chi connectivity index (χ3v) is 3.86. The van der Waals surface area contributed by atoms with E-state index in [1.165, 1.54) is 0 Å². The SMILES string of the molecule is CCOc1ccccc1NC(=O)COC(=O)c1ccc(SC)cc1. The van der Waals surface area contributed by atoms with Crippen LogP contribution in [0.15, 0.2) is 53.4 Å². The highest BCUT2D eigenvalue weighted by molar-refractivity contribution is 7.98. The van der Waals surface area contributed by atoms with Gasteiger partial charge in [0.15, 0.2) is 6.61 Å². The Labute approximate surface area is 145 Å². The summed E-state index contributed by atoms with van der Waals surface area (Å²) >= 11 is 1.59. The Morgan fingerprint density at radius 1 is 1.08 bits per heavy atom. The van der Waals surface area contributed by atoms with Crippen LogP contribution in [0.5, 0.6) is 5.75 Å². The molecule has 0 spiro atoms. The monoisotopic (exact) mass is 345 g/mol. The van der Waals surface area contributed by atoms with Crippen LogP contribution in [0.1, 0.15) is 17.3 Å². The normalized spacial score (nSPS) is 10.1. The molecule has 6 heteroatoms. The number of carbonyl (C=O) groups excluding carboxylic acids is 2. The minimum Gasteiger partial charge on any atom is -0.492 e. The number of para-hydroxylation sites is 2. The Morgan fingerprint density at radius 3 is 2.46 bits per heavy atom. The van der Waals surface area contributed by atoms with Gasteiger partial charge in [-0.25, -0.2) is 4.79 Å². The Morgan fingerprint density at radius 2 is 1.79 bits per heavy atom. The molecule has 1 amide bonds. The molecule has 0 radical (unpaired) electrons. The summed E-state index contributed by atoms with van der Waals surface area (Å²) in [5.41, 5.74) is 0.958. The smallest absolute Gasteiger partial charge is 0.338 e. The van der Waals surface area contributed by atoms with Crippen LogP contribution in [0.2, 0.25) is 0 Å². The molecule has 0 aliphatic heterocycles. The highest BCUT2D eigenvalue weighted by Crippen LogP contribution is 2.23. The van der Waals surface area contributed by atoms with E-state index >= 15 is 0 Å². The molecule has 0 saturated carbocycles. The number of esters is 1. The van der Waals surface area contributed by atoms with Gasteiger partial charge >= 0.3 is 5.97 Å². The van der Waals surface area contributed by atoms with Gasteiger partial charge in [-0.1, -0.05) is 12.1 Å². The molecule has 0 unspecified atom stereocenters. The molecule has 0 bridgehead atoms. The lowest BCUT2D eigenvalue weighted by molar-refractivity contribution is -0.119. The lowest BCUT2D eigenvalue weighted by Gasteiger charge is -2.11. The molecule has 0 aliphatic carbocycles. The molecule has 5 nitrogen and oxygen atoms in total. The van der Waals surface area contributed by atoms with Crippen molar-refractivity contribution in [3.63, 3.8) is 0 Å². The molecule has 0 atom stereocenters. The van der Waals surface area contributed by atoms with Gasteiger partial charge in [0.25, 0.3) is 5.91 Å². The molecular formula is C18H19NO4S. The fourth-order valence-corrected chi connectivity index (χ4v) is 2.39. The fourth-order valence-electron chi connectivity index (χ4n) is 1.98. The first-order valence-corrected chi connectivity index (χ1v) is 8.69. The average molecular weight is 345 g/mol. The molecule has 126 valence electrons. The van der Waals surface area contributed by atoms with Crippen LogP contribution in [-0.4, -0.2) is 31.3 Å². The van der Waals surface area contributed by atoms with Crippen molar-refractivity contribution in [1.82, 2.24) is 0 Å². The van der Waals surface area contributed by atoms with E-state index in [4.69, 9.17) is 9.47 Å². The zero-order valence-corrected chi connectivity index (χ0v) is 14.4. The van der Waals surface area contributed by atoms with Gasteiger partial charge in [0, 0.05) is 4.90 Å². The van der Waals surface area contributed by atoms with Gasteiger partial charge in [0.2, 0.25) is 0 Å². The van der Waals surface area contributed by atoms with Crippen LogP contribution in [0.4, 0.5) is 5.69 Å². The first-order valence-electron chi connectivity index (χ1n) is 7.47. The second-order valence-electron chi connectivity index (χ2n) is 4.78. The van der Waals surface area contributed by atoms with E-state index in [2.05, 4.69) is 5.32 Å². The molecule has 0 saturated heterocycles. The highest BCUT2D eigenvalue weighted by Gasteiger charge is 2.12. The van der Waals surface area contributed by atoms with E-state index in [0.29, 0.717) is 23.6 Å². The number of anilines is 1. The summed E-state index contributed by atoms with van der Waals surface area (Å²) in [4.78, 5) is 24.9. The van der Waals surface area contributed by atoms with Crippen molar-refractivity contribution in [2.24, 2.45) is 0 Å².